The van der Waals surface area contributed by atoms with Gasteiger partial charge in [0, 0.05) is 17.9 Å². The normalized spacial score (nSPS) is 26.0. The van der Waals surface area contributed by atoms with Crippen LogP contribution in [0.15, 0.2) is 24.3 Å². The van der Waals surface area contributed by atoms with Crippen LogP contribution in [0.25, 0.3) is 0 Å². The molecule has 2 fully saturated rings. The van der Waals surface area contributed by atoms with Crippen LogP contribution in [0.2, 0.25) is 0 Å². The van der Waals surface area contributed by atoms with Crippen molar-refractivity contribution < 1.29 is 13.5 Å². The van der Waals surface area contributed by atoms with Crippen LogP contribution in [-0.4, -0.2) is 42.3 Å². The van der Waals surface area contributed by atoms with Crippen molar-refractivity contribution in [2.45, 2.75) is 57.0 Å². The number of rotatable bonds is 5. The molecule has 1 saturated heterocycles. The van der Waals surface area contributed by atoms with Crippen molar-refractivity contribution >= 4 is 10.0 Å². The predicted octanol–water partition coefficient (Wildman–Crippen LogP) is 2.62. The van der Waals surface area contributed by atoms with E-state index in [1.807, 2.05) is 24.3 Å². The van der Waals surface area contributed by atoms with Crippen LogP contribution in [-0.2, 0) is 10.0 Å². The zero-order valence-electron chi connectivity index (χ0n) is 15.6. The van der Waals surface area contributed by atoms with Crippen molar-refractivity contribution in [3.8, 4) is 17.9 Å². The van der Waals surface area contributed by atoms with Crippen molar-refractivity contribution in [2.24, 2.45) is 5.92 Å². The molecular weight excluding hydrogens is 360 g/mol. The first-order chi connectivity index (χ1) is 13.0. The Morgan fingerprint density at radius 1 is 1.22 bits per heavy atom. The summed E-state index contributed by atoms with van der Waals surface area (Å²) in [6.07, 6.45) is 6.14. The van der Waals surface area contributed by atoms with Crippen molar-refractivity contribution in [3.05, 3.63) is 35.4 Å². The van der Waals surface area contributed by atoms with E-state index in [0.717, 1.165) is 27.8 Å². The molecule has 1 aromatic rings. The van der Waals surface area contributed by atoms with E-state index >= 15 is 0 Å². The Hall–Kier alpha value is -1.86. The van der Waals surface area contributed by atoms with E-state index in [0.29, 0.717) is 0 Å². The van der Waals surface area contributed by atoms with Gasteiger partial charge in [-0.1, -0.05) is 36.8 Å². The first kappa shape index (κ1) is 19.9. The lowest BCUT2D eigenvalue weighted by Crippen LogP contribution is -2.65. The first-order valence-corrected chi connectivity index (χ1v) is 11.2. The van der Waals surface area contributed by atoms with Crippen molar-refractivity contribution in [3.63, 3.8) is 0 Å². The maximum Gasteiger partial charge on any atom is 0.215 e. The highest BCUT2D eigenvalue weighted by Gasteiger charge is 2.54. The van der Waals surface area contributed by atoms with E-state index in [2.05, 4.69) is 17.9 Å². The van der Waals surface area contributed by atoms with Gasteiger partial charge in [0.1, 0.15) is 6.04 Å². The summed E-state index contributed by atoms with van der Waals surface area (Å²) in [4.78, 5) is 0. The number of hydrogen-bond donors (Lipinski definition) is 1. The van der Waals surface area contributed by atoms with Crippen LogP contribution in [0.4, 0.5) is 0 Å². The predicted molar refractivity (Wildman–Crippen MR) is 104 cm³/mol. The Kier molecular flexibility index (Phi) is 6.22. The van der Waals surface area contributed by atoms with Crippen molar-refractivity contribution in [1.29, 1.82) is 5.26 Å². The van der Waals surface area contributed by atoms with Gasteiger partial charge in [-0.15, -0.1) is 0 Å². The van der Waals surface area contributed by atoms with Gasteiger partial charge in [0.15, 0.2) is 0 Å². The van der Waals surface area contributed by atoms with E-state index in [1.54, 1.807) is 6.92 Å². The van der Waals surface area contributed by atoms with E-state index in [9.17, 15) is 18.8 Å². The van der Waals surface area contributed by atoms with E-state index in [4.69, 9.17) is 0 Å². The highest BCUT2D eigenvalue weighted by molar-refractivity contribution is 7.89. The molecule has 1 aliphatic carbocycles. The Morgan fingerprint density at radius 2 is 1.89 bits per heavy atom. The van der Waals surface area contributed by atoms with Crippen LogP contribution in [0.3, 0.4) is 0 Å². The minimum absolute atomic E-state index is 0.0794. The molecule has 0 amide bonds. The lowest BCUT2D eigenvalue weighted by molar-refractivity contribution is 0.0558. The number of benzene rings is 1. The molecule has 1 N–H and O–H groups in total. The fraction of sp³-hybridized carbons (Fsp3) is 0.571. The van der Waals surface area contributed by atoms with Gasteiger partial charge < -0.3 is 5.11 Å². The largest absolute Gasteiger partial charge is 0.395 e. The van der Waals surface area contributed by atoms with Gasteiger partial charge in [-0.05, 0) is 43.4 Å². The highest BCUT2D eigenvalue weighted by atomic mass is 32.2. The quantitative estimate of drug-likeness (QED) is 0.789. The zero-order chi connectivity index (χ0) is 19.4. The third-order valence-corrected chi connectivity index (χ3v) is 7.62. The summed E-state index contributed by atoms with van der Waals surface area (Å²) in [5.41, 5.74) is 1.78. The van der Waals surface area contributed by atoms with E-state index in [-0.39, 0.29) is 18.3 Å². The minimum atomic E-state index is -3.52. The number of nitrogens with zero attached hydrogens (tertiary/aromatic N) is 2. The summed E-state index contributed by atoms with van der Waals surface area (Å²) in [6.45, 7) is 1.25. The zero-order valence-corrected chi connectivity index (χ0v) is 16.5. The van der Waals surface area contributed by atoms with Gasteiger partial charge >= 0.3 is 0 Å². The average molecular weight is 387 g/mol. The number of hydrogen-bond acceptors (Lipinski definition) is 4. The molecule has 0 spiro atoms. The third-order valence-electron chi connectivity index (χ3n) is 5.75. The average Bonchev–Trinajstić information content (AvgIpc) is 3.16. The molecule has 27 heavy (non-hydrogen) atoms. The molecular formula is C21H26N2O3S. The molecule has 1 heterocycles. The van der Waals surface area contributed by atoms with Crippen LogP contribution in [0.1, 0.15) is 56.1 Å². The second-order valence-electron chi connectivity index (χ2n) is 7.36. The van der Waals surface area contributed by atoms with Gasteiger partial charge in [-0.25, -0.2) is 8.42 Å². The number of aliphatic hydroxyl groups excluding tert-OH is 1. The van der Waals surface area contributed by atoms with Crippen molar-refractivity contribution in [1.82, 2.24) is 4.31 Å². The maximum absolute atomic E-state index is 12.2. The number of sulfonamides is 1. The summed E-state index contributed by atoms with van der Waals surface area (Å²) < 4.78 is 25.6. The lowest BCUT2D eigenvalue weighted by Gasteiger charge is -2.50. The van der Waals surface area contributed by atoms with Gasteiger partial charge in [-0.3, -0.25) is 0 Å². The van der Waals surface area contributed by atoms with Gasteiger partial charge in [0.2, 0.25) is 10.0 Å². The van der Waals surface area contributed by atoms with E-state index < -0.39 is 22.1 Å². The second-order valence-corrected chi connectivity index (χ2v) is 9.52. The highest BCUT2D eigenvalue weighted by Crippen LogP contribution is 2.42. The second kappa shape index (κ2) is 8.44. The molecule has 2 aliphatic rings. The Balaban J connectivity index is 1.72. The van der Waals surface area contributed by atoms with Crippen LogP contribution in [0, 0.1) is 29.1 Å². The molecule has 0 unspecified atom stereocenters. The molecule has 3 atom stereocenters. The molecule has 1 aliphatic heterocycles. The molecule has 144 valence electrons. The van der Waals surface area contributed by atoms with Crippen LogP contribution >= 0.6 is 0 Å². The fourth-order valence-electron chi connectivity index (χ4n) is 4.20. The van der Waals surface area contributed by atoms with Crippen molar-refractivity contribution in [2.75, 3.05) is 12.4 Å². The molecule has 5 nitrogen and oxygen atoms in total. The minimum Gasteiger partial charge on any atom is -0.395 e. The Bertz CT molecular complexity index is 855. The number of aliphatic hydroxyl groups is 1. The first-order valence-electron chi connectivity index (χ1n) is 9.62. The molecule has 0 aromatic heterocycles. The Labute approximate surface area is 162 Å². The molecule has 6 heteroatoms. The maximum atomic E-state index is 12.2. The summed E-state index contributed by atoms with van der Waals surface area (Å²) in [7, 11) is -3.52. The SMILES string of the molecule is CCS(=O)(=O)N1[C@H](CO)[C@@H](c2ccc(C#CCC3CCCC3)cc2)[C@@H]1C#N. The van der Waals surface area contributed by atoms with Gasteiger partial charge in [-0.2, -0.15) is 9.57 Å². The topological polar surface area (TPSA) is 81.4 Å². The lowest BCUT2D eigenvalue weighted by atomic mass is 9.78. The van der Waals surface area contributed by atoms with Crippen LogP contribution in [0.5, 0.6) is 0 Å². The van der Waals surface area contributed by atoms with Crippen LogP contribution < -0.4 is 0 Å². The monoisotopic (exact) mass is 386 g/mol. The van der Waals surface area contributed by atoms with Gasteiger partial charge in [0.25, 0.3) is 0 Å². The molecule has 0 bridgehead atoms. The van der Waals surface area contributed by atoms with Gasteiger partial charge in [0.05, 0.1) is 24.5 Å². The summed E-state index contributed by atoms with van der Waals surface area (Å²) in [6, 6.07) is 8.36. The molecule has 1 saturated carbocycles. The molecule has 1 aromatic carbocycles. The summed E-state index contributed by atoms with van der Waals surface area (Å²) in [5, 5.41) is 19.2. The standard InChI is InChI=1S/C21H26N2O3S/c1-2-27(25,26)23-19(14-22)21(20(23)15-24)18-12-10-17(11-13-18)9-5-8-16-6-3-4-7-16/h10-13,16,19-21,24H,2-4,6-8,15H2,1H3/t19-,20+,21-/m0/s1. The Morgan fingerprint density at radius 3 is 2.44 bits per heavy atom. The summed E-state index contributed by atoms with van der Waals surface area (Å²) in [5.74, 6) is 6.80. The molecule has 0 radical (unpaired) electrons. The third kappa shape index (κ3) is 4.04. The summed E-state index contributed by atoms with van der Waals surface area (Å²) >= 11 is 0. The fourth-order valence-corrected chi connectivity index (χ4v) is 5.63. The van der Waals surface area contributed by atoms with E-state index in [1.165, 1.54) is 25.7 Å². The number of nitriles is 1. The smallest absolute Gasteiger partial charge is 0.215 e. The molecule has 3 rings (SSSR count).